The Morgan fingerprint density at radius 3 is 2.81 bits per heavy atom. The Hall–Kier alpha value is -1.94. The van der Waals surface area contributed by atoms with Gasteiger partial charge in [-0.25, -0.2) is 13.8 Å². The molecule has 0 aromatic carbocycles. The molecule has 0 aliphatic carbocycles. The van der Waals surface area contributed by atoms with E-state index in [4.69, 9.17) is 16.1 Å². The molecule has 0 aliphatic heterocycles. The molecule has 16 heavy (non-hydrogen) atoms. The summed E-state index contributed by atoms with van der Waals surface area (Å²) in [5.41, 5.74) is 5.84. The summed E-state index contributed by atoms with van der Waals surface area (Å²) in [5.74, 6) is -3.17. The van der Waals surface area contributed by atoms with Crippen LogP contribution in [-0.2, 0) is 0 Å². The Kier molecular flexibility index (Phi) is 3.58. The molecule has 7 heteroatoms. The van der Waals surface area contributed by atoms with Crippen LogP contribution in [0.1, 0.15) is 5.56 Å². The summed E-state index contributed by atoms with van der Waals surface area (Å²) in [4.78, 5) is 3.71. The standard InChI is InChI=1S/C9H10F2N4O/c10-9(11,5-16)4-15-8-7(13)1-6(2-12)3-14-8/h1,3,16H,4-5,13H2,(H,14,15). The summed E-state index contributed by atoms with van der Waals surface area (Å²) in [5, 5.41) is 19.2. The molecule has 86 valence electrons. The first-order valence-corrected chi connectivity index (χ1v) is 4.36. The highest BCUT2D eigenvalue weighted by Crippen LogP contribution is 2.18. The van der Waals surface area contributed by atoms with E-state index in [0.29, 0.717) is 0 Å². The molecule has 0 saturated carbocycles. The topological polar surface area (TPSA) is 95.0 Å². The van der Waals surface area contributed by atoms with Gasteiger partial charge in [-0.1, -0.05) is 0 Å². The largest absolute Gasteiger partial charge is 0.396 e. The zero-order chi connectivity index (χ0) is 12.2. The SMILES string of the molecule is N#Cc1cnc(NCC(F)(F)CO)c(N)c1. The molecule has 1 rings (SSSR count). The molecule has 1 aromatic heterocycles. The maximum absolute atomic E-state index is 12.7. The van der Waals surface area contributed by atoms with Crippen LogP contribution in [0, 0.1) is 11.3 Å². The van der Waals surface area contributed by atoms with Crippen LogP contribution in [0.25, 0.3) is 0 Å². The number of nitrogens with two attached hydrogens (primary N) is 1. The number of nitrogen functional groups attached to an aromatic ring is 1. The minimum absolute atomic E-state index is 0.0622. The number of anilines is 2. The summed E-state index contributed by atoms with van der Waals surface area (Å²) in [7, 11) is 0. The number of aromatic nitrogens is 1. The van der Waals surface area contributed by atoms with E-state index in [2.05, 4.69) is 10.3 Å². The number of rotatable bonds is 4. The minimum Gasteiger partial charge on any atom is -0.396 e. The number of pyridine rings is 1. The van der Waals surface area contributed by atoms with Gasteiger partial charge in [0.1, 0.15) is 18.5 Å². The number of nitrogens with one attached hydrogen (secondary N) is 1. The summed E-state index contributed by atoms with van der Waals surface area (Å²) < 4.78 is 25.4. The molecule has 0 unspecified atom stereocenters. The van der Waals surface area contributed by atoms with Crippen molar-refractivity contribution in [2.24, 2.45) is 0 Å². The molecule has 0 bridgehead atoms. The predicted molar refractivity (Wildman–Crippen MR) is 53.9 cm³/mol. The van der Waals surface area contributed by atoms with Crippen LogP contribution in [0.3, 0.4) is 0 Å². The van der Waals surface area contributed by atoms with Gasteiger partial charge in [0.25, 0.3) is 5.92 Å². The van der Waals surface area contributed by atoms with Crippen LogP contribution < -0.4 is 11.1 Å². The fourth-order valence-corrected chi connectivity index (χ4v) is 0.960. The van der Waals surface area contributed by atoms with E-state index in [1.54, 1.807) is 0 Å². The third-order valence-electron chi connectivity index (χ3n) is 1.79. The molecule has 0 fully saturated rings. The third-order valence-corrected chi connectivity index (χ3v) is 1.79. The lowest BCUT2D eigenvalue weighted by Crippen LogP contribution is -2.31. The van der Waals surface area contributed by atoms with E-state index in [1.807, 2.05) is 6.07 Å². The van der Waals surface area contributed by atoms with Crippen molar-refractivity contribution < 1.29 is 13.9 Å². The van der Waals surface area contributed by atoms with Gasteiger partial charge < -0.3 is 16.2 Å². The molecular formula is C9H10F2N4O. The second-order valence-electron chi connectivity index (χ2n) is 3.14. The number of hydrogen-bond donors (Lipinski definition) is 3. The number of nitrogens with zero attached hydrogens (tertiary/aromatic N) is 2. The highest BCUT2D eigenvalue weighted by atomic mass is 19.3. The Balaban J connectivity index is 2.73. The van der Waals surface area contributed by atoms with Crippen LogP contribution in [-0.4, -0.2) is 29.2 Å². The van der Waals surface area contributed by atoms with E-state index in [-0.39, 0.29) is 17.1 Å². The van der Waals surface area contributed by atoms with E-state index < -0.39 is 19.1 Å². The first-order valence-electron chi connectivity index (χ1n) is 4.36. The lowest BCUT2D eigenvalue weighted by Gasteiger charge is -2.15. The van der Waals surface area contributed by atoms with Crippen molar-refractivity contribution in [2.75, 3.05) is 24.2 Å². The van der Waals surface area contributed by atoms with E-state index in [1.165, 1.54) is 12.3 Å². The summed E-state index contributed by atoms with van der Waals surface area (Å²) >= 11 is 0. The first kappa shape index (κ1) is 12.1. The normalized spacial score (nSPS) is 10.9. The number of hydrogen-bond acceptors (Lipinski definition) is 5. The maximum atomic E-state index is 12.7. The van der Waals surface area contributed by atoms with Gasteiger partial charge in [-0.05, 0) is 6.07 Å². The highest BCUT2D eigenvalue weighted by Gasteiger charge is 2.27. The number of aliphatic hydroxyl groups is 1. The molecule has 0 aliphatic rings. The second kappa shape index (κ2) is 4.72. The van der Waals surface area contributed by atoms with Crippen LogP contribution in [0.15, 0.2) is 12.3 Å². The quantitative estimate of drug-likeness (QED) is 0.700. The molecular weight excluding hydrogens is 218 g/mol. The van der Waals surface area contributed by atoms with Crippen molar-refractivity contribution in [1.29, 1.82) is 5.26 Å². The van der Waals surface area contributed by atoms with Gasteiger partial charge in [-0.15, -0.1) is 0 Å². The molecule has 4 N–H and O–H groups in total. The summed E-state index contributed by atoms with van der Waals surface area (Å²) in [6.45, 7) is -2.03. The van der Waals surface area contributed by atoms with E-state index >= 15 is 0 Å². The van der Waals surface area contributed by atoms with Crippen LogP contribution >= 0.6 is 0 Å². The Morgan fingerprint density at radius 2 is 2.31 bits per heavy atom. The number of halogens is 2. The van der Waals surface area contributed by atoms with Crippen molar-refractivity contribution in [3.05, 3.63) is 17.8 Å². The van der Waals surface area contributed by atoms with Gasteiger partial charge in [0, 0.05) is 6.20 Å². The zero-order valence-electron chi connectivity index (χ0n) is 8.24. The van der Waals surface area contributed by atoms with Crippen LogP contribution in [0.4, 0.5) is 20.3 Å². The Bertz CT molecular complexity index is 416. The van der Waals surface area contributed by atoms with Crippen molar-refractivity contribution in [1.82, 2.24) is 4.98 Å². The zero-order valence-corrected chi connectivity index (χ0v) is 8.24. The minimum atomic E-state index is -3.23. The van der Waals surface area contributed by atoms with E-state index in [9.17, 15) is 8.78 Å². The van der Waals surface area contributed by atoms with Gasteiger partial charge in [0.2, 0.25) is 0 Å². The van der Waals surface area contributed by atoms with Crippen LogP contribution in [0.5, 0.6) is 0 Å². The monoisotopic (exact) mass is 228 g/mol. The number of alkyl halides is 2. The molecule has 5 nitrogen and oxygen atoms in total. The maximum Gasteiger partial charge on any atom is 0.287 e. The summed E-state index contributed by atoms with van der Waals surface area (Å²) in [6, 6.07) is 3.15. The van der Waals surface area contributed by atoms with Crippen molar-refractivity contribution >= 4 is 11.5 Å². The fraction of sp³-hybridized carbons (Fsp3) is 0.333. The predicted octanol–water partition coefficient (Wildman–Crippen LogP) is 0.575. The van der Waals surface area contributed by atoms with Gasteiger partial charge in [0.05, 0.1) is 17.8 Å². The van der Waals surface area contributed by atoms with Gasteiger partial charge in [0.15, 0.2) is 0 Å². The molecule has 0 amide bonds. The van der Waals surface area contributed by atoms with Gasteiger partial charge in [-0.2, -0.15) is 5.26 Å². The molecule has 0 saturated heterocycles. The Labute approximate surface area is 90.5 Å². The molecule has 0 atom stereocenters. The molecule has 1 heterocycles. The Morgan fingerprint density at radius 1 is 1.62 bits per heavy atom. The van der Waals surface area contributed by atoms with Crippen molar-refractivity contribution in [3.8, 4) is 6.07 Å². The molecule has 0 radical (unpaired) electrons. The lowest BCUT2D eigenvalue weighted by atomic mass is 10.2. The number of aliphatic hydroxyl groups excluding tert-OH is 1. The van der Waals surface area contributed by atoms with Crippen LogP contribution in [0.2, 0.25) is 0 Å². The number of nitriles is 1. The molecule has 1 aromatic rings. The van der Waals surface area contributed by atoms with Crippen molar-refractivity contribution in [3.63, 3.8) is 0 Å². The first-order chi connectivity index (χ1) is 7.48. The van der Waals surface area contributed by atoms with Gasteiger partial charge in [-0.3, -0.25) is 0 Å². The smallest absolute Gasteiger partial charge is 0.287 e. The van der Waals surface area contributed by atoms with E-state index in [0.717, 1.165) is 0 Å². The van der Waals surface area contributed by atoms with Gasteiger partial charge >= 0.3 is 0 Å². The third kappa shape index (κ3) is 3.03. The molecule has 0 spiro atoms. The lowest BCUT2D eigenvalue weighted by molar-refractivity contribution is -0.0373. The summed E-state index contributed by atoms with van der Waals surface area (Å²) in [6.07, 6.45) is 1.22. The van der Waals surface area contributed by atoms with Crippen molar-refractivity contribution in [2.45, 2.75) is 5.92 Å². The average Bonchev–Trinajstić information content (AvgIpc) is 2.27. The second-order valence-corrected chi connectivity index (χ2v) is 3.14. The highest BCUT2D eigenvalue weighted by molar-refractivity contribution is 5.63. The average molecular weight is 228 g/mol. The fourth-order valence-electron chi connectivity index (χ4n) is 0.960.